The summed E-state index contributed by atoms with van der Waals surface area (Å²) in [6.45, 7) is 2.00. The van der Waals surface area contributed by atoms with E-state index < -0.39 is 16.1 Å². The van der Waals surface area contributed by atoms with Crippen LogP contribution in [0.25, 0.3) is 0 Å². The van der Waals surface area contributed by atoms with Crippen molar-refractivity contribution in [2.45, 2.75) is 42.5 Å². The molecule has 0 radical (unpaired) electrons. The predicted molar refractivity (Wildman–Crippen MR) is 96.3 cm³/mol. The molecule has 2 aromatic heterocycles. The normalized spacial score (nSPS) is 21.6. The number of methoxy groups -OCH3 is 1. The van der Waals surface area contributed by atoms with Crippen LogP contribution in [-0.2, 0) is 16.4 Å². The second-order valence-electron chi connectivity index (χ2n) is 6.22. The predicted octanol–water partition coefficient (Wildman–Crippen LogP) is 2.50. The van der Waals surface area contributed by atoms with E-state index in [1.165, 1.54) is 11.3 Å². The van der Waals surface area contributed by atoms with Gasteiger partial charge in [0.15, 0.2) is 0 Å². The Balaban J connectivity index is 1.89. The summed E-state index contributed by atoms with van der Waals surface area (Å²) >= 11 is 1.28. The van der Waals surface area contributed by atoms with E-state index in [2.05, 4.69) is 9.71 Å². The molecule has 0 saturated heterocycles. The molecule has 25 heavy (non-hydrogen) atoms. The standard InChI is InChI=1S/C17H22N2O4S2/c1-3-15-4-5-16(24-15)25(21,22)19-17(11-6-13(20)7-11)12-8-14(23-2)10-18-9-12/h4-5,8-11,13,17,19-20H,3,6-7H2,1-2H3/t11?,13?,17-/m1/s1. The Morgan fingerprint density at radius 2 is 2.16 bits per heavy atom. The van der Waals surface area contributed by atoms with Crippen molar-refractivity contribution in [1.82, 2.24) is 9.71 Å². The van der Waals surface area contributed by atoms with Gasteiger partial charge in [-0.05, 0) is 48.9 Å². The first kappa shape index (κ1) is 18.3. The average molecular weight is 383 g/mol. The zero-order valence-corrected chi connectivity index (χ0v) is 15.8. The van der Waals surface area contributed by atoms with Gasteiger partial charge in [-0.25, -0.2) is 13.1 Å². The molecule has 0 bridgehead atoms. The summed E-state index contributed by atoms with van der Waals surface area (Å²) in [7, 11) is -2.09. The molecular formula is C17H22N2O4S2. The third-order valence-electron chi connectivity index (χ3n) is 4.48. The largest absolute Gasteiger partial charge is 0.495 e. The SMILES string of the molecule is CCc1ccc(S(=O)(=O)N[C@@H](c2cncc(OC)c2)C2CC(O)C2)s1. The number of hydrogen-bond donors (Lipinski definition) is 2. The Kier molecular flexibility index (Phi) is 5.43. The monoisotopic (exact) mass is 382 g/mol. The topological polar surface area (TPSA) is 88.5 Å². The lowest BCUT2D eigenvalue weighted by Crippen LogP contribution is -2.41. The van der Waals surface area contributed by atoms with Crippen molar-refractivity contribution < 1.29 is 18.3 Å². The molecule has 1 aliphatic rings. The molecule has 0 aromatic carbocycles. The van der Waals surface area contributed by atoms with Crippen LogP contribution in [0.5, 0.6) is 5.75 Å². The van der Waals surface area contributed by atoms with Crippen molar-refractivity contribution in [3.05, 3.63) is 41.0 Å². The fourth-order valence-corrected chi connectivity index (χ4v) is 5.58. The number of sulfonamides is 1. The Morgan fingerprint density at radius 1 is 1.40 bits per heavy atom. The third kappa shape index (κ3) is 4.03. The summed E-state index contributed by atoms with van der Waals surface area (Å²) in [4.78, 5) is 5.16. The fourth-order valence-electron chi connectivity index (χ4n) is 2.97. The zero-order valence-electron chi connectivity index (χ0n) is 14.2. The van der Waals surface area contributed by atoms with Crippen molar-refractivity contribution in [3.63, 3.8) is 0 Å². The lowest BCUT2D eigenvalue weighted by Gasteiger charge is -2.37. The molecule has 0 amide bonds. The number of aryl methyl sites for hydroxylation is 1. The van der Waals surface area contributed by atoms with Crippen LogP contribution in [0.1, 0.15) is 36.2 Å². The summed E-state index contributed by atoms with van der Waals surface area (Å²) in [6.07, 6.45) is 4.79. The number of hydrogen-bond acceptors (Lipinski definition) is 6. The molecule has 2 heterocycles. The molecule has 0 unspecified atom stereocenters. The van der Waals surface area contributed by atoms with Crippen molar-refractivity contribution in [2.24, 2.45) is 5.92 Å². The highest BCUT2D eigenvalue weighted by Crippen LogP contribution is 2.39. The van der Waals surface area contributed by atoms with Crippen LogP contribution in [-0.4, -0.2) is 31.7 Å². The van der Waals surface area contributed by atoms with E-state index in [1.54, 1.807) is 31.6 Å². The van der Waals surface area contributed by atoms with E-state index in [1.807, 2.05) is 13.0 Å². The van der Waals surface area contributed by atoms with Gasteiger partial charge in [-0.3, -0.25) is 4.98 Å². The lowest BCUT2D eigenvalue weighted by molar-refractivity contribution is 0.0279. The molecule has 1 fully saturated rings. The van der Waals surface area contributed by atoms with Crippen LogP contribution in [0.4, 0.5) is 0 Å². The first-order valence-corrected chi connectivity index (χ1v) is 10.5. The summed E-state index contributed by atoms with van der Waals surface area (Å²) in [5, 5.41) is 9.65. The Bertz CT molecular complexity index is 829. The number of pyridine rings is 1. The van der Waals surface area contributed by atoms with Crippen LogP contribution in [0, 0.1) is 5.92 Å². The molecule has 8 heteroatoms. The number of aliphatic hydroxyl groups excluding tert-OH is 1. The highest BCUT2D eigenvalue weighted by molar-refractivity contribution is 7.91. The van der Waals surface area contributed by atoms with Crippen LogP contribution in [0.15, 0.2) is 34.8 Å². The van der Waals surface area contributed by atoms with Crippen LogP contribution in [0.2, 0.25) is 0 Å². The van der Waals surface area contributed by atoms with E-state index in [0.717, 1.165) is 16.9 Å². The summed E-state index contributed by atoms with van der Waals surface area (Å²) in [5.41, 5.74) is 0.743. The van der Waals surface area contributed by atoms with Crippen LogP contribution < -0.4 is 9.46 Å². The lowest BCUT2D eigenvalue weighted by atomic mass is 9.76. The van der Waals surface area contributed by atoms with Crippen molar-refractivity contribution in [2.75, 3.05) is 7.11 Å². The number of aromatic nitrogens is 1. The molecule has 1 atom stereocenters. The van der Waals surface area contributed by atoms with Crippen molar-refractivity contribution in [1.29, 1.82) is 0 Å². The number of nitrogens with one attached hydrogen (secondary N) is 1. The van der Waals surface area contributed by atoms with Gasteiger partial charge in [0.2, 0.25) is 0 Å². The maximum Gasteiger partial charge on any atom is 0.250 e. The van der Waals surface area contributed by atoms with Gasteiger partial charge >= 0.3 is 0 Å². The Labute approximate surface area is 151 Å². The van der Waals surface area contributed by atoms with Crippen molar-refractivity contribution >= 4 is 21.4 Å². The van der Waals surface area contributed by atoms with E-state index >= 15 is 0 Å². The number of nitrogens with zero attached hydrogens (tertiary/aromatic N) is 1. The van der Waals surface area contributed by atoms with Gasteiger partial charge in [0.1, 0.15) is 9.96 Å². The smallest absolute Gasteiger partial charge is 0.250 e. The minimum Gasteiger partial charge on any atom is -0.495 e. The molecule has 2 N–H and O–H groups in total. The second-order valence-corrected chi connectivity index (χ2v) is 9.33. The molecule has 6 nitrogen and oxygen atoms in total. The van der Waals surface area contributed by atoms with Gasteiger partial charge in [-0.2, -0.15) is 0 Å². The Morgan fingerprint density at radius 3 is 2.76 bits per heavy atom. The fraction of sp³-hybridized carbons (Fsp3) is 0.471. The Hall–Kier alpha value is -1.48. The number of rotatable bonds is 7. The summed E-state index contributed by atoms with van der Waals surface area (Å²) in [5.74, 6) is 0.607. The van der Waals surface area contributed by atoms with Gasteiger partial charge in [-0.15, -0.1) is 11.3 Å². The highest BCUT2D eigenvalue weighted by Gasteiger charge is 2.37. The van der Waals surface area contributed by atoms with Gasteiger partial charge in [0.05, 0.1) is 25.5 Å². The molecule has 136 valence electrons. The minimum atomic E-state index is -3.64. The maximum atomic E-state index is 12.8. The molecule has 2 aromatic rings. The second kappa shape index (κ2) is 7.41. The van der Waals surface area contributed by atoms with Crippen LogP contribution >= 0.6 is 11.3 Å². The quantitative estimate of drug-likeness (QED) is 0.768. The number of aliphatic hydroxyl groups is 1. The van der Waals surface area contributed by atoms with Gasteiger partial charge in [0.25, 0.3) is 10.0 Å². The van der Waals surface area contributed by atoms with Gasteiger partial charge in [0, 0.05) is 11.1 Å². The van der Waals surface area contributed by atoms with Crippen molar-refractivity contribution in [3.8, 4) is 5.75 Å². The van der Waals surface area contributed by atoms with Crippen LogP contribution in [0.3, 0.4) is 0 Å². The third-order valence-corrected chi connectivity index (χ3v) is 7.65. The summed E-state index contributed by atoms with van der Waals surface area (Å²) < 4.78 is 33.9. The van der Waals surface area contributed by atoms with Gasteiger partial charge < -0.3 is 9.84 Å². The molecule has 0 aliphatic heterocycles. The van der Waals surface area contributed by atoms with E-state index in [4.69, 9.17) is 4.74 Å². The first-order valence-electron chi connectivity index (χ1n) is 8.21. The van der Waals surface area contributed by atoms with E-state index in [9.17, 15) is 13.5 Å². The molecule has 0 spiro atoms. The first-order chi connectivity index (χ1) is 11.9. The average Bonchev–Trinajstić information content (AvgIpc) is 3.07. The summed E-state index contributed by atoms with van der Waals surface area (Å²) in [6, 6.07) is 4.83. The van der Waals surface area contributed by atoms with E-state index in [-0.39, 0.29) is 12.0 Å². The minimum absolute atomic E-state index is 0.0317. The molecule has 3 rings (SSSR count). The molecule has 1 aliphatic carbocycles. The molecular weight excluding hydrogens is 360 g/mol. The maximum absolute atomic E-state index is 12.8. The zero-order chi connectivity index (χ0) is 18.0. The molecule has 1 saturated carbocycles. The van der Waals surface area contributed by atoms with E-state index in [0.29, 0.717) is 22.8 Å². The van der Waals surface area contributed by atoms with Gasteiger partial charge in [-0.1, -0.05) is 6.92 Å². The number of thiophene rings is 1. The number of ether oxygens (including phenoxy) is 1. The highest BCUT2D eigenvalue weighted by atomic mass is 32.2.